The summed E-state index contributed by atoms with van der Waals surface area (Å²) in [4.78, 5) is 13.3. The van der Waals surface area contributed by atoms with Gasteiger partial charge in [0.1, 0.15) is 28.9 Å². The van der Waals surface area contributed by atoms with Crippen LogP contribution in [0.25, 0.3) is 17.0 Å². The van der Waals surface area contributed by atoms with Crippen LogP contribution in [0.15, 0.2) is 23.3 Å². The van der Waals surface area contributed by atoms with Gasteiger partial charge in [0, 0.05) is 31.9 Å². The van der Waals surface area contributed by atoms with E-state index in [-0.39, 0.29) is 0 Å². The Bertz CT molecular complexity index is 559. The third-order valence-corrected chi connectivity index (χ3v) is 2.62. The van der Waals surface area contributed by atoms with E-state index >= 15 is 0 Å². The summed E-state index contributed by atoms with van der Waals surface area (Å²) in [6.45, 7) is 0. The fourth-order valence-electron chi connectivity index (χ4n) is 1.33. The second-order valence-electron chi connectivity index (χ2n) is 3.63. The summed E-state index contributed by atoms with van der Waals surface area (Å²) >= 11 is 1.52. The highest BCUT2D eigenvalue weighted by Gasteiger charge is 2.09. The molecule has 1 N–H and O–H groups in total. The molecule has 2 aromatic rings. The summed E-state index contributed by atoms with van der Waals surface area (Å²) in [5.41, 5.74) is 3.82. The Hall–Kier alpha value is -2.13. The number of aromatic amines is 1. The van der Waals surface area contributed by atoms with Gasteiger partial charge in [-0.25, -0.2) is 9.97 Å². The number of allylic oxidation sites excluding steroid dienone is 1. The summed E-state index contributed by atoms with van der Waals surface area (Å²) in [6.07, 6.45) is 3.48. The average molecular weight is 245 g/mol. The first-order valence-electron chi connectivity index (χ1n) is 4.93. The third kappa shape index (κ3) is 2.52. The fourth-order valence-corrected chi connectivity index (χ4v) is 1.88. The van der Waals surface area contributed by atoms with E-state index < -0.39 is 0 Å². The zero-order valence-electron chi connectivity index (χ0n) is 9.51. The zero-order valence-corrected chi connectivity index (χ0v) is 10.3. The first-order valence-corrected chi connectivity index (χ1v) is 5.87. The molecule has 0 unspecified atom stereocenters. The Balaban J connectivity index is 2.33. The highest BCUT2D eigenvalue weighted by atomic mass is 32.1. The Morgan fingerprint density at radius 3 is 2.94 bits per heavy atom. The number of imidazole rings is 1. The number of hydrogen-bond donors (Lipinski definition) is 1. The highest BCUT2D eigenvalue weighted by molar-refractivity contribution is 7.07. The number of nitrogens with zero attached hydrogens (tertiary/aromatic N) is 4. The van der Waals surface area contributed by atoms with Gasteiger partial charge in [-0.3, -0.25) is 0 Å². The molecule has 0 amide bonds. The lowest BCUT2D eigenvalue weighted by Crippen LogP contribution is -2.02. The van der Waals surface area contributed by atoms with Crippen molar-refractivity contribution in [3.8, 4) is 17.5 Å². The van der Waals surface area contributed by atoms with E-state index in [0.29, 0.717) is 11.4 Å². The van der Waals surface area contributed by atoms with Crippen LogP contribution < -0.4 is 0 Å². The monoisotopic (exact) mass is 245 g/mol. The minimum absolute atomic E-state index is 0.497. The van der Waals surface area contributed by atoms with Gasteiger partial charge in [-0.15, -0.1) is 11.3 Å². The van der Waals surface area contributed by atoms with Crippen LogP contribution >= 0.6 is 11.3 Å². The van der Waals surface area contributed by atoms with E-state index in [1.54, 1.807) is 17.9 Å². The molecule has 2 rings (SSSR count). The van der Waals surface area contributed by atoms with Gasteiger partial charge in [-0.05, 0) is 0 Å². The maximum atomic E-state index is 9.05. The van der Waals surface area contributed by atoms with Gasteiger partial charge < -0.3 is 9.88 Å². The second-order valence-corrected chi connectivity index (χ2v) is 4.34. The molecule has 0 aliphatic carbocycles. The predicted molar refractivity (Wildman–Crippen MR) is 67.0 cm³/mol. The van der Waals surface area contributed by atoms with Crippen LogP contribution in [0.3, 0.4) is 0 Å². The molecule has 0 fully saturated rings. The molecule has 5 nitrogen and oxygen atoms in total. The standard InChI is InChI=1S/C11H11N5S/c1-16(2)5-8(3-12)11-13-4-9(15-11)10-6-17-7-14-10/h4-7H,1-2H3,(H,13,15)/b8-5-. The molecule has 0 saturated heterocycles. The Morgan fingerprint density at radius 2 is 2.35 bits per heavy atom. The first-order chi connectivity index (χ1) is 8.20. The van der Waals surface area contributed by atoms with Crippen LogP contribution in [-0.4, -0.2) is 33.9 Å². The minimum atomic E-state index is 0.497. The van der Waals surface area contributed by atoms with Gasteiger partial charge in [0.2, 0.25) is 0 Å². The molecule has 0 radical (unpaired) electrons. The van der Waals surface area contributed by atoms with Crippen molar-refractivity contribution < 1.29 is 0 Å². The third-order valence-electron chi connectivity index (χ3n) is 2.04. The number of nitrogens with one attached hydrogen (secondary N) is 1. The molecular formula is C11H11N5S. The van der Waals surface area contributed by atoms with Crippen molar-refractivity contribution in [1.29, 1.82) is 5.26 Å². The van der Waals surface area contributed by atoms with Crippen molar-refractivity contribution in [3.63, 3.8) is 0 Å². The van der Waals surface area contributed by atoms with Crippen LogP contribution in [0.4, 0.5) is 0 Å². The van der Waals surface area contributed by atoms with Crippen molar-refractivity contribution in [2.24, 2.45) is 0 Å². The van der Waals surface area contributed by atoms with E-state index in [1.165, 1.54) is 11.3 Å². The van der Waals surface area contributed by atoms with E-state index in [9.17, 15) is 0 Å². The quantitative estimate of drug-likeness (QED) is 0.839. The molecular weight excluding hydrogens is 234 g/mol. The SMILES string of the molecule is CN(C)/C=C(/C#N)c1nc(-c2cscn2)c[nH]1. The number of nitriles is 1. The van der Waals surface area contributed by atoms with Gasteiger partial charge in [0.15, 0.2) is 0 Å². The lowest BCUT2D eigenvalue weighted by molar-refractivity contribution is 0.566. The molecule has 2 heterocycles. The zero-order chi connectivity index (χ0) is 12.3. The maximum absolute atomic E-state index is 9.05. The molecule has 0 aromatic carbocycles. The normalized spacial score (nSPS) is 11.2. The molecule has 0 saturated carbocycles. The molecule has 17 heavy (non-hydrogen) atoms. The number of thiazole rings is 1. The van der Waals surface area contributed by atoms with Crippen LogP contribution in [0.1, 0.15) is 5.82 Å². The molecule has 0 aliphatic rings. The molecule has 86 valence electrons. The lowest BCUT2D eigenvalue weighted by atomic mass is 10.3. The van der Waals surface area contributed by atoms with Gasteiger partial charge in [0.25, 0.3) is 0 Å². The number of H-pyrrole nitrogens is 1. The number of aromatic nitrogens is 3. The van der Waals surface area contributed by atoms with Gasteiger partial charge in [-0.2, -0.15) is 5.26 Å². The maximum Gasteiger partial charge on any atom is 0.150 e. The molecule has 6 heteroatoms. The summed E-state index contributed by atoms with van der Waals surface area (Å²) < 4.78 is 0. The van der Waals surface area contributed by atoms with Gasteiger partial charge >= 0.3 is 0 Å². The van der Waals surface area contributed by atoms with E-state index in [0.717, 1.165) is 11.4 Å². The van der Waals surface area contributed by atoms with Crippen LogP contribution in [0, 0.1) is 11.3 Å². The molecule has 0 spiro atoms. The van der Waals surface area contributed by atoms with E-state index in [2.05, 4.69) is 21.0 Å². The predicted octanol–water partition coefficient (Wildman–Crippen LogP) is 1.96. The minimum Gasteiger partial charge on any atom is -0.382 e. The molecule has 0 aliphatic heterocycles. The summed E-state index contributed by atoms with van der Waals surface area (Å²) in [5, 5.41) is 11.0. The highest BCUT2D eigenvalue weighted by Crippen LogP contribution is 2.19. The Labute approximate surface area is 103 Å². The van der Waals surface area contributed by atoms with Crippen LogP contribution in [-0.2, 0) is 0 Å². The fraction of sp³-hybridized carbons (Fsp3) is 0.182. The summed E-state index contributed by atoms with van der Waals surface area (Å²) in [5.74, 6) is 0.559. The van der Waals surface area contributed by atoms with Crippen molar-refractivity contribution in [3.05, 3.63) is 29.1 Å². The van der Waals surface area contributed by atoms with E-state index in [4.69, 9.17) is 5.26 Å². The number of hydrogen-bond acceptors (Lipinski definition) is 5. The van der Waals surface area contributed by atoms with Gasteiger partial charge in [-0.1, -0.05) is 0 Å². The average Bonchev–Trinajstić information content (AvgIpc) is 2.95. The molecule has 0 atom stereocenters. The topological polar surface area (TPSA) is 68.6 Å². The van der Waals surface area contributed by atoms with Crippen molar-refractivity contribution in [1.82, 2.24) is 19.9 Å². The molecule has 0 bridgehead atoms. The van der Waals surface area contributed by atoms with Gasteiger partial charge in [0.05, 0.1) is 5.51 Å². The smallest absolute Gasteiger partial charge is 0.150 e. The Morgan fingerprint density at radius 1 is 1.53 bits per heavy atom. The summed E-state index contributed by atoms with van der Waals surface area (Å²) in [6, 6.07) is 2.12. The van der Waals surface area contributed by atoms with Crippen LogP contribution in [0.5, 0.6) is 0 Å². The van der Waals surface area contributed by atoms with Crippen molar-refractivity contribution in [2.75, 3.05) is 14.1 Å². The largest absolute Gasteiger partial charge is 0.382 e. The Kier molecular flexibility index (Phi) is 3.21. The van der Waals surface area contributed by atoms with E-state index in [1.807, 2.05) is 24.4 Å². The first kappa shape index (κ1) is 11.4. The van der Waals surface area contributed by atoms with Crippen LogP contribution in [0.2, 0.25) is 0 Å². The second kappa shape index (κ2) is 4.80. The molecule has 2 aromatic heterocycles. The lowest BCUT2D eigenvalue weighted by Gasteiger charge is -2.04. The van der Waals surface area contributed by atoms with Crippen molar-refractivity contribution in [2.45, 2.75) is 0 Å². The van der Waals surface area contributed by atoms with Crippen molar-refractivity contribution >= 4 is 16.9 Å². The number of rotatable bonds is 3. The summed E-state index contributed by atoms with van der Waals surface area (Å²) in [7, 11) is 3.73.